The van der Waals surface area contributed by atoms with Crippen molar-refractivity contribution < 1.29 is 13.9 Å². The van der Waals surface area contributed by atoms with E-state index in [2.05, 4.69) is 10.6 Å². The monoisotopic (exact) mass is 387 g/mol. The number of amides is 1. The third-order valence-corrected chi connectivity index (χ3v) is 4.94. The van der Waals surface area contributed by atoms with Crippen LogP contribution in [0.3, 0.4) is 0 Å². The molecule has 2 aromatic rings. The van der Waals surface area contributed by atoms with Crippen molar-refractivity contribution in [3.63, 3.8) is 0 Å². The fraction of sp³-hybridized carbons (Fsp3) is 0.429. The van der Waals surface area contributed by atoms with E-state index in [1.807, 2.05) is 0 Å². The number of hydrogen-bond acceptors (Lipinski definition) is 4. The lowest BCUT2D eigenvalue weighted by Gasteiger charge is -2.23. The Kier molecular flexibility index (Phi) is 6.81. The predicted octanol–water partition coefficient (Wildman–Crippen LogP) is 2.10. The number of aryl methyl sites for hydroxylation is 1. The first-order valence-corrected chi connectivity index (χ1v) is 9.62. The van der Waals surface area contributed by atoms with Crippen molar-refractivity contribution in [2.45, 2.75) is 26.3 Å². The highest BCUT2D eigenvalue weighted by molar-refractivity contribution is 5.95. The maximum Gasteiger partial charge on any atom is 0.263 e. The molecule has 2 heterocycles. The zero-order valence-electron chi connectivity index (χ0n) is 16.0. The van der Waals surface area contributed by atoms with Crippen LogP contribution >= 0.6 is 0 Å². The van der Waals surface area contributed by atoms with Gasteiger partial charge in [0.15, 0.2) is 11.6 Å². The molecular formula is C21H26FN3O3. The summed E-state index contributed by atoms with van der Waals surface area (Å²) in [5.74, 6) is -0.362. The number of nitrogens with zero attached hydrogens (tertiary/aromatic N) is 1. The van der Waals surface area contributed by atoms with Gasteiger partial charge < -0.3 is 19.9 Å². The quantitative estimate of drug-likeness (QED) is 0.714. The second-order valence-electron chi connectivity index (χ2n) is 7.08. The van der Waals surface area contributed by atoms with Crippen LogP contribution in [0.2, 0.25) is 0 Å². The number of carbonyl (C=O) groups is 1. The SMILES string of the molecule is Cc1ccn(CC2CCCNC2)c(=O)c1C(=O)NCCOc1ccccc1F. The molecule has 3 rings (SSSR count). The third-order valence-electron chi connectivity index (χ3n) is 4.94. The second kappa shape index (κ2) is 9.50. The zero-order chi connectivity index (χ0) is 19.9. The zero-order valence-corrected chi connectivity index (χ0v) is 16.0. The molecule has 1 saturated heterocycles. The maximum atomic E-state index is 13.5. The maximum absolute atomic E-state index is 13.5. The van der Waals surface area contributed by atoms with Gasteiger partial charge >= 0.3 is 0 Å². The number of rotatable bonds is 7. The molecule has 0 aliphatic carbocycles. The number of benzene rings is 1. The highest BCUT2D eigenvalue weighted by Crippen LogP contribution is 2.15. The second-order valence-corrected chi connectivity index (χ2v) is 7.08. The average Bonchev–Trinajstić information content (AvgIpc) is 2.70. The Bertz CT molecular complexity index is 875. The molecule has 6 nitrogen and oxygen atoms in total. The third kappa shape index (κ3) is 4.98. The van der Waals surface area contributed by atoms with Gasteiger partial charge in [0.2, 0.25) is 0 Å². The van der Waals surface area contributed by atoms with Crippen molar-refractivity contribution >= 4 is 5.91 Å². The van der Waals surface area contributed by atoms with Gasteiger partial charge in [-0.1, -0.05) is 12.1 Å². The summed E-state index contributed by atoms with van der Waals surface area (Å²) in [4.78, 5) is 25.3. The molecular weight excluding hydrogens is 361 g/mol. The Morgan fingerprint density at radius 3 is 2.93 bits per heavy atom. The fourth-order valence-corrected chi connectivity index (χ4v) is 3.42. The first-order valence-electron chi connectivity index (χ1n) is 9.62. The molecule has 1 aromatic carbocycles. The van der Waals surface area contributed by atoms with E-state index in [1.165, 1.54) is 12.1 Å². The summed E-state index contributed by atoms with van der Waals surface area (Å²) in [6.07, 6.45) is 3.92. The lowest BCUT2D eigenvalue weighted by Crippen LogP contribution is -2.38. The Morgan fingerprint density at radius 2 is 2.18 bits per heavy atom. The number of ether oxygens (including phenoxy) is 1. The Labute approximate surface area is 163 Å². The minimum atomic E-state index is -0.451. The van der Waals surface area contributed by atoms with E-state index in [-0.39, 0.29) is 30.0 Å². The number of carbonyl (C=O) groups excluding carboxylic acids is 1. The van der Waals surface area contributed by atoms with Crippen molar-refractivity contribution in [3.05, 3.63) is 63.8 Å². The molecule has 1 atom stereocenters. The lowest BCUT2D eigenvalue weighted by atomic mass is 9.99. The standard InChI is InChI=1S/C21H26FN3O3/c1-15-8-11-25(14-16-5-4-9-23-13-16)21(27)19(15)20(26)24-10-12-28-18-7-3-2-6-17(18)22/h2-3,6-8,11,16,23H,4-5,9-10,12-14H2,1H3,(H,24,26). The lowest BCUT2D eigenvalue weighted by molar-refractivity contribution is 0.0943. The molecule has 1 aromatic heterocycles. The number of aromatic nitrogens is 1. The van der Waals surface area contributed by atoms with Crippen molar-refractivity contribution in [3.8, 4) is 5.75 Å². The highest BCUT2D eigenvalue weighted by Gasteiger charge is 2.19. The van der Waals surface area contributed by atoms with E-state index in [0.717, 1.165) is 25.9 Å². The molecule has 150 valence electrons. The van der Waals surface area contributed by atoms with Gasteiger partial charge in [-0.3, -0.25) is 9.59 Å². The van der Waals surface area contributed by atoms with Crippen LogP contribution in [0.4, 0.5) is 4.39 Å². The summed E-state index contributed by atoms with van der Waals surface area (Å²) >= 11 is 0. The van der Waals surface area contributed by atoms with E-state index < -0.39 is 11.7 Å². The number of halogens is 1. The average molecular weight is 387 g/mol. The molecule has 1 fully saturated rings. The summed E-state index contributed by atoms with van der Waals surface area (Å²) in [6.45, 7) is 4.53. The number of piperidine rings is 1. The van der Waals surface area contributed by atoms with Crippen LogP contribution in [-0.4, -0.2) is 36.7 Å². The summed E-state index contributed by atoms with van der Waals surface area (Å²) in [7, 11) is 0. The molecule has 1 aliphatic rings. The van der Waals surface area contributed by atoms with Gasteiger partial charge in [-0.05, 0) is 62.5 Å². The predicted molar refractivity (Wildman–Crippen MR) is 105 cm³/mol. The molecule has 1 unspecified atom stereocenters. The molecule has 28 heavy (non-hydrogen) atoms. The summed E-state index contributed by atoms with van der Waals surface area (Å²) in [5, 5.41) is 6.03. The van der Waals surface area contributed by atoms with Gasteiger partial charge in [-0.2, -0.15) is 0 Å². The van der Waals surface area contributed by atoms with Crippen LogP contribution in [0.15, 0.2) is 41.3 Å². The number of pyridine rings is 1. The summed E-state index contributed by atoms with van der Waals surface area (Å²) in [6, 6.07) is 7.89. The Hall–Kier alpha value is -2.67. The van der Waals surface area contributed by atoms with Gasteiger partial charge in [0, 0.05) is 12.7 Å². The largest absolute Gasteiger partial charge is 0.489 e. The van der Waals surface area contributed by atoms with Crippen LogP contribution in [0.25, 0.3) is 0 Å². The summed E-state index contributed by atoms with van der Waals surface area (Å²) < 4.78 is 20.5. The number of para-hydroxylation sites is 1. The van der Waals surface area contributed by atoms with Crippen molar-refractivity contribution in [2.24, 2.45) is 5.92 Å². The first kappa shape index (κ1) is 20.1. The van der Waals surface area contributed by atoms with Crippen LogP contribution < -0.4 is 20.9 Å². The van der Waals surface area contributed by atoms with Crippen LogP contribution in [0.1, 0.15) is 28.8 Å². The molecule has 0 saturated carbocycles. The highest BCUT2D eigenvalue weighted by atomic mass is 19.1. The summed E-state index contributed by atoms with van der Waals surface area (Å²) in [5.41, 5.74) is 0.505. The minimum Gasteiger partial charge on any atom is -0.489 e. The topological polar surface area (TPSA) is 72.4 Å². The van der Waals surface area contributed by atoms with Crippen molar-refractivity contribution in [1.29, 1.82) is 0 Å². The van der Waals surface area contributed by atoms with Crippen LogP contribution in [0.5, 0.6) is 5.75 Å². The van der Waals surface area contributed by atoms with Gasteiger partial charge in [-0.25, -0.2) is 4.39 Å². The molecule has 0 bridgehead atoms. The molecule has 0 radical (unpaired) electrons. The van der Waals surface area contributed by atoms with Crippen molar-refractivity contribution in [2.75, 3.05) is 26.2 Å². The minimum absolute atomic E-state index is 0.112. The van der Waals surface area contributed by atoms with E-state index in [1.54, 1.807) is 35.9 Å². The smallest absolute Gasteiger partial charge is 0.263 e. The van der Waals surface area contributed by atoms with Gasteiger partial charge in [0.1, 0.15) is 12.2 Å². The number of nitrogens with one attached hydrogen (secondary N) is 2. The molecule has 7 heteroatoms. The van der Waals surface area contributed by atoms with E-state index in [4.69, 9.17) is 4.74 Å². The number of hydrogen-bond donors (Lipinski definition) is 2. The molecule has 1 aliphatic heterocycles. The van der Waals surface area contributed by atoms with Crippen molar-refractivity contribution in [1.82, 2.24) is 15.2 Å². The normalized spacial score (nSPS) is 16.6. The molecule has 2 N–H and O–H groups in total. The van der Waals surface area contributed by atoms with E-state index >= 15 is 0 Å². The first-order chi connectivity index (χ1) is 13.6. The Balaban J connectivity index is 1.60. The van der Waals surface area contributed by atoms with Gasteiger partial charge in [-0.15, -0.1) is 0 Å². The van der Waals surface area contributed by atoms with Gasteiger partial charge in [0.25, 0.3) is 11.5 Å². The van der Waals surface area contributed by atoms with E-state index in [9.17, 15) is 14.0 Å². The van der Waals surface area contributed by atoms with E-state index in [0.29, 0.717) is 18.0 Å². The molecule has 0 spiro atoms. The Morgan fingerprint density at radius 1 is 1.36 bits per heavy atom. The van der Waals surface area contributed by atoms with Gasteiger partial charge in [0.05, 0.1) is 6.54 Å². The van der Waals surface area contributed by atoms with Crippen LogP contribution in [-0.2, 0) is 6.54 Å². The van der Waals surface area contributed by atoms with Crippen LogP contribution in [0, 0.1) is 18.7 Å². The fourth-order valence-electron chi connectivity index (χ4n) is 3.42. The molecule has 1 amide bonds.